The summed E-state index contributed by atoms with van der Waals surface area (Å²) in [6, 6.07) is 9.47. The van der Waals surface area contributed by atoms with Crippen LogP contribution in [0.4, 0.5) is 0 Å². The fourth-order valence-corrected chi connectivity index (χ4v) is 4.47. The van der Waals surface area contributed by atoms with Gasteiger partial charge in [0.25, 0.3) is 0 Å². The van der Waals surface area contributed by atoms with Crippen molar-refractivity contribution >= 4 is 11.6 Å². The van der Waals surface area contributed by atoms with Gasteiger partial charge in [-0.1, -0.05) is 12.1 Å². The van der Waals surface area contributed by atoms with Gasteiger partial charge in [0.15, 0.2) is 0 Å². The van der Waals surface area contributed by atoms with Crippen molar-refractivity contribution in [1.82, 2.24) is 5.32 Å². The van der Waals surface area contributed by atoms with E-state index in [1.807, 2.05) is 18.2 Å². The van der Waals surface area contributed by atoms with Crippen molar-refractivity contribution in [2.75, 3.05) is 21.3 Å². The molecule has 27 heavy (non-hydrogen) atoms. The molecule has 0 aliphatic heterocycles. The minimum atomic E-state index is -0.588. The maximum atomic E-state index is 12.6. The van der Waals surface area contributed by atoms with Gasteiger partial charge < -0.3 is 14.8 Å². The number of hydrogen-bond donors (Lipinski definition) is 1. The summed E-state index contributed by atoms with van der Waals surface area (Å²) in [6.07, 6.45) is 2.80. The van der Waals surface area contributed by atoms with E-state index in [0.29, 0.717) is 11.3 Å². The van der Waals surface area contributed by atoms with Crippen molar-refractivity contribution in [1.29, 1.82) is 0 Å². The largest absolute Gasteiger partial charge is 0.497 e. The molecular formula is C22H23NO4. The molecule has 5 heteroatoms. The lowest BCUT2D eigenvalue weighted by Gasteiger charge is -2.28. The minimum absolute atomic E-state index is 0.264. The monoisotopic (exact) mass is 365 g/mol. The first-order valence-corrected chi connectivity index (χ1v) is 9.21. The maximum absolute atomic E-state index is 12.6. The Morgan fingerprint density at radius 1 is 1.04 bits per heavy atom. The molecular weight excluding hydrogens is 342 g/mol. The predicted molar refractivity (Wildman–Crippen MR) is 102 cm³/mol. The van der Waals surface area contributed by atoms with E-state index in [4.69, 9.17) is 9.47 Å². The number of rotatable bonds is 4. The number of carbonyl (C=O) groups excluding carboxylic acids is 2. The van der Waals surface area contributed by atoms with Crippen LogP contribution in [0.15, 0.2) is 30.3 Å². The van der Waals surface area contributed by atoms with Crippen molar-refractivity contribution < 1.29 is 19.1 Å². The van der Waals surface area contributed by atoms with E-state index < -0.39 is 17.6 Å². The van der Waals surface area contributed by atoms with E-state index in [1.165, 1.54) is 18.2 Å². The molecule has 0 radical (unpaired) electrons. The standard InChI is InChI=1S/C22H23NO4/c1-23-20-18-16(8-9-17(27-3)19(18)21(24)22(20)25)14-5-4-13-11-15(26-2)7-6-12(13)10-14/h6-9,11,14,20,23H,4-5,10H2,1-3H3. The van der Waals surface area contributed by atoms with Crippen LogP contribution in [0.25, 0.3) is 0 Å². The average molecular weight is 365 g/mol. The summed E-state index contributed by atoms with van der Waals surface area (Å²) >= 11 is 0. The number of benzene rings is 2. The van der Waals surface area contributed by atoms with Crippen LogP contribution in [0.2, 0.25) is 0 Å². The molecule has 2 aliphatic carbocycles. The Kier molecular flexibility index (Phi) is 4.48. The first-order chi connectivity index (χ1) is 13.1. The molecule has 2 aromatic rings. The summed E-state index contributed by atoms with van der Waals surface area (Å²) in [4.78, 5) is 25.0. The van der Waals surface area contributed by atoms with Crippen LogP contribution in [-0.2, 0) is 17.6 Å². The lowest BCUT2D eigenvalue weighted by molar-refractivity contribution is -0.116. The molecule has 0 saturated carbocycles. The molecule has 0 bridgehead atoms. The second kappa shape index (κ2) is 6.82. The average Bonchev–Trinajstić information content (AvgIpc) is 2.97. The van der Waals surface area contributed by atoms with Crippen LogP contribution in [0, 0.1) is 0 Å². The molecule has 0 amide bonds. The lowest BCUT2D eigenvalue weighted by atomic mass is 9.77. The molecule has 2 atom stereocenters. The molecule has 0 saturated heterocycles. The fourth-order valence-electron chi connectivity index (χ4n) is 4.47. The molecule has 4 rings (SSSR count). The highest BCUT2D eigenvalue weighted by molar-refractivity contribution is 6.49. The number of likely N-dealkylation sites (N-methyl/N-ethyl adjacent to an activating group) is 1. The lowest BCUT2D eigenvalue weighted by Crippen LogP contribution is -2.25. The van der Waals surface area contributed by atoms with Crippen molar-refractivity contribution in [3.63, 3.8) is 0 Å². The van der Waals surface area contributed by atoms with E-state index in [9.17, 15) is 9.59 Å². The van der Waals surface area contributed by atoms with Gasteiger partial charge in [0, 0.05) is 0 Å². The second-order valence-electron chi connectivity index (χ2n) is 7.14. The van der Waals surface area contributed by atoms with Crippen LogP contribution in [0.3, 0.4) is 0 Å². The highest BCUT2D eigenvalue weighted by Gasteiger charge is 2.42. The maximum Gasteiger partial charge on any atom is 0.234 e. The Bertz CT molecular complexity index is 934. The molecule has 0 fully saturated rings. The van der Waals surface area contributed by atoms with Gasteiger partial charge in [-0.3, -0.25) is 9.59 Å². The van der Waals surface area contributed by atoms with Crippen LogP contribution in [0.5, 0.6) is 11.5 Å². The second-order valence-corrected chi connectivity index (χ2v) is 7.14. The number of ether oxygens (including phenoxy) is 2. The number of Topliss-reactive ketones (excluding diaryl/α,β-unsaturated/α-hetero) is 2. The number of ketones is 2. The number of fused-ring (bicyclic) bond motifs is 2. The Morgan fingerprint density at radius 2 is 1.85 bits per heavy atom. The summed E-state index contributed by atoms with van der Waals surface area (Å²) in [5.41, 5.74) is 4.92. The minimum Gasteiger partial charge on any atom is -0.497 e. The summed E-state index contributed by atoms with van der Waals surface area (Å²) in [5, 5.41) is 3.02. The van der Waals surface area contributed by atoms with Crippen LogP contribution in [0.1, 0.15) is 51.0 Å². The van der Waals surface area contributed by atoms with Crippen LogP contribution in [-0.4, -0.2) is 32.8 Å². The zero-order valence-corrected chi connectivity index (χ0v) is 15.8. The topological polar surface area (TPSA) is 64.6 Å². The van der Waals surface area contributed by atoms with E-state index in [1.54, 1.807) is 14.2 Å². The van der Waals surface area contributed by atoms with Crippen molar-refractivity contribution in [3.05, 3.63) is 58.1 Å². The van der Waals surface area contributed by atoms with Gasteiger partial charge in [-0.25, -0.2) is 0 Å². The summed E-state index contributed by atoms with van der Waals surface area (Å²) in [6.45, 7) is 0. The number of aryl methyl sites for hydroxylation is 1. The van der Waals surface area contributed by atoms with Gasteiger partial charge in [-0.2, -0.15) is 0 Å². The van der Waals surface area contributed by atoms with Crippen molar-refractivity contribution in [2.24, 2.45) is 0 Å². The number of hydrogen-bond acceptors (Lipinski definition) is 5. The molecule has 1 N–H and O–H groups in total. The normalized spacial score (nSPS) is 21.0. The van der Waals surface area contributed by atoms with Gasteiger partial charge in [0.2, 0.25) is 11.6 Å². The molecule has 2 aliphatic rings. The van der Waals surface area contributed by atoms with Gasteiger partial charge >= 0.3 is 0 Å². The molecule has 0 aromatic heterocycles. The number of methoxy groups -OCH3 is 2. The first-order valence-electron chi connectivity index (χ1n) is 9.21. The third-order valence-electron chi connectivity index (χ3n) is 5.83. The van der Waals surface area contributed by atoms with Gasteiger partial charge in [0.1, 0.15) is 17.5 Å². The Labute approximate surface area is 158 Å². The third kappa shape index (κ3) is 2.73. The van der Waals surface area contributed by atoms with Crippen LogP contribution >= 0.6 is 0 Å². The Balaban J connectivity index is 1.77. The van der Waals surface area contributed by atoms with Gasteiger partial charge in [0.05, 0.1) is 19.8 Å². The molecule has 2 aromatic carbocycles. The van der Waals surface area contributed by atoms with Gasteiger partial charge in [-0.05, 0) is 72.7 Å². The van der Waals surface area contributed by atoms with Crippen molar-refractivity contribution in [2.45, 2.75) is 31.2 Å². The summed E-state index contributed by atoms with van der Waals surface area (Å²) in [7, 11) is 4.93. The number of carbonyl (C=O) groups is 2. The van der Waals surface area contributed by atoms with Crippen molar-refractivity contribution in [3.8, 4) is 11.5 Å². The third-order valence-corrected chi connectivity index (χ3v) is 5.83. The zero-order valence-electron chi connectivity index (χ0n) is 15.8. The molecule has 2 unspecified atom stereocenters. The fraction of sp³-hybridized carbons (Fsp3) is 0.364. The highest BCUT2D eigenvalue weighted by Crippen LogP contribution is 2.43. The highest BCUT2D eigenvalue weighted by atomic mass is 16.5. The quantitative estimate of drug-likeness (QED) is 0.844. The van der Waals surface area contributed by atoms with E-state index >= 15 is 0 Å². The van der Waals surface area contributed by atoms with Gasteiger partial charge in [-0.15, -0.1) is 0 Å². The Hall–Kier alpha value is -2.66. The van der Waals surface area contributed by atoms with E-state index in [2.05, 4.69) is 17.4 Å². The predicted octanol–water partition coefficient (Wildman–Crippen LogP) is 3.00. The first kappa shape index (κ1) is 17.7. The van der Waals surface area contributed by atoms with E-state index in [-0.39, 0.29) is 5.92 Å². The number of nitrogens with one attached hydrogen (secondary N) is 1. The molecule has 5 nitrogen and oxygen atoms in total. The summed E-state index contributed by atoms with van der Waals surface area (Å²) in [5.74, 6) is 0.762. The molecule has 0 spiro atoms. The Morgan fingerprint density at radius 3 is 2.56 bits per heavy atom. The van der Waals surface area contributed by atoms with Crippen LogP contribution < -0.4 is 14.8 Å². The zero-order chi connectivity index (χ0) is 19.1. The smallest absolute Gasteiger partial charge is 0.234 e. The molecule has 140 valence electrons. The molecule has 0 heterocycles. The SMILES string of the molecule is CNC1C(=O)C(=O)c2c(OC)ccc(C3CCc4cc(OC)ccc4C3)c21. The summed E-state index contributed by atoms with van der Waals surface area (Å²) < 4.78 is 10.7. The van der Waals surface area contributed by atoms with E-state index in [0.717, 1.165) is 36.1 Å².